The predicted molar refractivity (Wildman–Crippen MR) is 85.4 cm³/mol. The van der Waals surface area contributed by atoms with Gasteiger partial charge in [0, 0.05) is 26.5 Å². The SMILES string of the molecule is Cc1cc2cc(NC(=O)c3cccc(N)c3)ccc2s1. The first-order valence-corrected chi connectivity index (χ1v) is 7.10. The van der Waals surface area contributed by atoms with Gasteiger partial charge in [-0.05, 0) is 54.8 Å². The monoisotopic (exact) mass is 282 g/mol. The number of hydrogen-bond acceptors (Lipinski definition) is 3. The summed E-state index contributed by atoms with van der Waals surface area (Å²) < 4.78 is 1.23. The lowest BCUT2D eigenvalue weighted by Gasteiger charge is -2.06. The van der Waals surface area contributed by atoms with Crippen LogP contribution in [0.5, 0.6) is 0 Å². The minimum atomic E-state index is -0.149. The summed E-state index contributed by atoms with van der Waals surface area (Å²) in [5, 5.41) is 4.05. The van der Waals surface area contributed by atoms with E-state index in [2.05, 4.69) is 18.3 Å². The van der Waals surface area contributed by atoms with Crippen LogP contribution >= 0.6 is 11.3 Å². The second-order valence-electron chi connectivity index (χ2n) is 4.69. The van der Waals surface area contributed by atoms with Crippen LogP contribution in [0.2, 0.25) is 0 Å². The van der Waals surface area contributed by atoms with E-state index in [-0.39, 0.29) is 5.91 Å². The Morgan fingerprint density at radius 2 is 2.00 bits per heavy atom. The molecule has 3 N–H and O–H groups in total. The number of carbonyl (C=O) groups is 1. The summed E-state index contributed by atoms with van der Waals surface area (Å²) in [5.41, 5.74) is 7.63. The number of nitrogen functional groups attached to an aromatic ring is 1. The van der Waals surface area contributed by atoms with Crippen molar-refractivity contribution in [2.45, 2.75) is 6.92 Å². The van der Waals surface area contributed by atoms with Crippen LogP contribution in [0, 0.1) is 6.92 Å². The number of benzene rings is 2. The number of aryl methyl sites for hydroxylation is 1. The number of amides is 1. The van der Waals surface area contributed by atoms with Crippen LogP contribution in [0.25, 0.3) is 10.1 Å². The average molecular weight is 282 g/mol. The van der Waals surface area contributed by atoms with Crippen LogP contribution in [0.1, 0.15) is 15.2 Å². The maximum absolute atomic E-state index is 12.1. The highest BCUT2D eigenvalue weighted by atomic mass is 32.1. The molecule has 0 atom stereocenters. The molecule has 0 spiro atoms. The molecule has 2 aromatic carbocycles. The average Bonchev–Trinajstić information content (AvgIpc) is 2.78. The van der Waals surface area contributed by atoms with E-state index in [1.54, 1.807) is 35.6 Å². The van der Waals surface area contributed by atoms with Crippen molar-refractivity contribution < 1.29 is 4.79 Å². The smallest absolute Gasteiger partial charge is 0.255 e. The van der Waals surface area contributed by atoms with Crippen LogP contribution < -0.4 is 11.1 Å². The molecule has 0 saturated heterocycles. The standard InChI is InChI=1S/C16H14N2OS/c1-10-7-12-9-14(5-6-15(12)20-10)18-16(19)11-3-2-4-13(17)8-11/h2-9H,17H2,1H3,(H,18,19). The number of nitrogens with one attached hydrogen (secondary N) is 1. The summed E-state index contributed by atoms with van der Waals surface area (Å²) >= 11 is 1.75. The molecule has 3 rings (SSSR count). The Bertz CT molecular complexity index is 792. The third kappa shape index (κ3) is 2.51. The summed E-state index contributed by atoms with van der Waals surface area (Å²) in [6.45, 7) is 2.08. The molecule has 1 amide bonds. The lowest BCUT2D eigenvalue weighted by molar-refractivity contribution is 0.102. The zero-order valence-corrected chi connectivity index (χ0v) is 11.8. The molecule has 3 nitrogen and oxygen atoms in total. The van der Waals surface area contributed by atoms with Gasteiger partial charge in [0.1, 0.15) is 0 Å². The van der Waals surface area contributed by atoms with Gasteiger partial charge in [0.15, 0.2) is 0 Å². The van der Waals surface area contributed by atoms with Gasteiger partial charge >= 0.3 is 0 Å². The van der Waals surface area contributed by atoms with E-state index in [4.69, 9.17) is 5.73 Å². The normalized spacial score (nSPS) is 10.7. The molecular formula is C16H14N2OS. The quantitative estimate of drug-likeness (QED) is 0.697. The molecule has 4 heteroatoms. The highest BCUT2D eigenvalue weighted by molar-refractivity contribution is 7.19. The molecule has 1 heterocycles. The molecule has 0 radical (unpaired) electrons. The van der Waals surface area contributed by atoms with E-state index in [9.17, 15) is 4.79 Å². The molecule has 0 unspecified atom stereocenters. The molecule has 100 valence electrons. The Morgan fingerprint density at radius 3 is 2.80 bits per heavy atom. The van der Waals surface area contributed by atoms with Crippen LogP contribution in [-0.2, 0) is 0 Å². The van der Waals surface area contributed by atoms with E-state index < -0.39 is 0 Å². The number of fused-ring (bicyclic) bond motifs is 1. The first-order valence-electron chi connectivity index (χ1n) is 6.29. The fourth-order valence-corrected chi connectivity index (χ4v) is 3.04. The number of hydrogen-bond donors (Lipinski definition) is 2. The topological polar surface area (TPSA) is 55.1 Å². The van der Waals surface area contributed by atoms with Crippen LogP contribution in [-0.4, -0.2) is 5.91 Å². The van der Waals surface area contributed by atoms with Gasteiger partial charge in [-0.15, -0.1) is 11.3 Å². The zero-order valence-electron chi connectivity index (χ0n) is 11.0. The summed E-state index contributed by atoms with van der Waals surface area (Å²) in [6.07, 6.45) is 0. The fraction of sp³-hybridized carbons (Fsp3) is 0.0625. The van der Waals surface area contributed by atoms with Gasteiger partial charge in [0.05, 0.1) is 0 Å². The summed E-state index contributed by atoms with van der Waals surface area (Å²) in [6, 6.07) is 15.0. The third-order valence-corrected chi connectivity index (χ3v) is 4.08. The number of carbonyl (C=O) groups excluding carboxylic acids is 1. The summed E-state index contributed by atoms with van der Waals surface area (Å²) in [4.78, 5) is 13.4. The Morgan fingerprint density at radius 1 is 1.15 bits per heavy atom. The Balaban J connectivity index is 1.87. The lowest BCUT2D eigenvalue weighted by Crippen LogP contribution is -2.11. The minimum Gasteiger partial charge on any atom is -0.399 e. The van der Waals surface area contributed by atoms with Gasteiger partial charge in [-0.2, -0.15) is 0 Å². The van der Waals surface area contributed by atoms with Crippen molar-refractivity contribution in [1.82, 2.24) is 0 Å². The Hall–Kier alpha value is -2.33. The van der Waals surface area contributed by atoms with Gasteiger partial charge in [-0.3, -0.25) is 4.79 Å². The van der Waals surface area contributed by atoms with Gasteiger partial charge in [-0.25, -0.2) is 0 Å². The molecule has 3 aromatic rings. The molecule has 0 saturated carbocycles. The van der Waals surface area contributed by atoms with Gasteiger partial charge < -0.3 is 11.1 Å². The highest BCUT2D eigenvalue weighted by Crippen LogP contribution is 2.27. The maximum Gasteiger partial charge on any atom is 0.255 e. The molecular weight excluding hydrogens is 268 g/mol. The van der Waals surface area contributed by atoms with Gasteiger partial charge in [0.2, 0.25) is 0 Å². The second kappa shape index (κ2) is 4.98. The van der Waals surface area contributed by atoms with Crippen molar-refractivity contribution in [2.24, 2.45) is 0 Å². The fourth-order valence-electron chi connectivity index (χ4n) is 2.14. The summed E-state index contributed by atoms with van der Waals surface area (Å²) in [5.74, 6) is -0.149. The molecule has 0 aliphatic rings. The highest BCUT2D eigenvalue weighted by Gasteiger charge is 2.07. The number of anilines is 2. The van der Waals surface area contributed by atoms with Gasteiger partial charge in [0.25, 0.3) is 5.91 Å². The Kier molecular flexibility index (Phi) is 3.16. The lowest BCUT2D eigenvalue weighted by atomic mass is 10.2. The van der Waals surface area contributed by atoms with E-state index in [0.29, 0.717) is 11.3 Å². The van der Waals surface area contributed by atoms with E-state index >= 15 is 0 Å². The molecule has 0 bridgehead atoms. The van der Waals surface area contributed by atoms with Crippen LogP contribution in [0.4, 0.5) is 11.4 Å². The van der Waals surface area contributed by atoms with Gasteiger partial charge in [-0.1, -0.05) is 6.07 Å². The van der Waals surface area contributed by atoms with Crippen LogP contribution in [0.15, 0.2) is 48.5 Å². The van der Waals surface area contributed by atoms with Crippen molar-refractivity contribution in [3.63, 3.8) is 0 Å². The predicted octanol–water partition coefficient (Wildman–Crippen LogP) is 4.04. The molecule has 0 aliphatic heterocycles. The number of nitrogens with two attached hydrogens (primary N) is 1. The van der Waals surface area contributed by atoms with Crippen LogP contribution in [0.3, 0.4) is 0 Å². The second-order valence-corrected chi connectivity index (χ2v) is 5.98. The molecule has 0 aliphatic carbocycles. The van der Waals surface area contributed by atoms with Crippen molar-refractivity contribution in [3.8, 4) is 0 Å². The largest absolute Gasteiger partial charge is 0.399 e. The third-order valence-electron chi connectivity index (χ3n) is 3.05. The molecule has 20 heavy (non-hydrogen) atoms. The van der Waals surface area contributed by atoms with E-state index in [1.165, 1.54) is 9.58 Å². The first kappa shape index (κ1) is 12.7. The first-order chi connectivity index (χ1) is 9.61. The maximum atomic E-state index is 12.1. The Labute approximate surface area is 121 Å². The zero-order chi connectivity index (χ0) is 14.1. The van der Waals surface area contributed by atoms with Crippen molar-refractivity contribution in [1.29, 1.82) is 0 Å². The minimum absolute atomic E-state index is 0.149. The van der Waals surface area contributed by atoms with Crippen molar-refractivity contribution >= 4 is 38.7 Å². The van der Waals surface area contributed by atoms with Crippen molar-refractivity contribution in [2.75, 3.05) is 11.1 Å². The molecule has 1 aromatic heterocycles. The number of thiophene rings is 1. The number of rotatable bonds is 2. The summed E-state index contributed by atoms with van der Waals surface area (Å²) in [7, 11) is 0. The van der Waals surface area contributed by atoms with E-state index in [1.807, 2.05) is 18.2 Å². The van der Waals surface area contributed by atoms with E-state index in [0.717, 1.165) is 11.1 Å². The van der Waals surface area contributed by atoms with Crippen molar-refractivity contribution in [3.05, 3.63) is 59.0 Å². The molecule has 0 fully saturated rings.